The van der Waals surface area contributed by atoms with Crippen molar-refractivity contribution in [3.63, 3.8) is 0 Å². The smallest absolute Gasteiger partial charge is 0.449 e. The number of benzene rings is 1. The van der Waals surface area contributed by atoms with E-state index in [9.17, 15) is 4.79 Å². The maximum atomic E-state index is 10.5. The molecule has 0 aliphatic heterocycles. The van der Waals surface area contributed by atoms with Crippen molar-refractivity contribution in [3.8, 4) is 5.75 Å². The van der Waals surface area contributed by atoms with Crippen molar-refractivity contribution in [2.75, 3.05) is 13.2 Å². The molecule has 0 saturated heterocycles. The normalized spacial score (nSPS) is 10.5. The van der Waals surface area contributed by atoms with Gasteiger partial charge in [0.05, 0.1) is 6.61 Å². The molecule has 4 heteroatoms. The predicted octanol–water partition coefficient (Wildman–Crippen LogP) is 2.96. The van der Waals surface area contributed by atoms with Gasteiger partial charge >= 0.3 is 6.16 Å². The molecule has 0 saturated carbocycles. The number of hydrogen-bond donors (Lipinski definition) is 1. The lowest BCUT2D eigenvalue weighted by Crippen LogP contribution is -2.08. The van der Waals surface area contributed by atoms with E-state index >= 15 is 0 Å². The molecule has 0 heterocycles. The van der Waals surface area contributed by atoms with E-state index in [0.717, 1.165) is 5.56 Å². The number of carboxylic acid groups (broad SMARTS) is 1. The van der Waals surface area contributed by atoms with E-state index in [-0.39, 0.29) is 0 Å². The summed E-state index contributed by atoms with van der Waals surface area (Å²) in [6, 6.07) is 7.09. The van der Waals surface area contributed by atoms with Crippen LogP contribution in [0, 0.1) is 5.92 Å². The molecule has 1 rings (SSSR count). The Hall–Kier alpha value is -1.55. The number of carbonyl (C=O) groups is 1. The van der Waals surface area contributed by atoms with Gasteiger partial charge in [-0.25, -0.2) is 4.79 Å². The monoisotopic (exact) mass is 238 g/mol. The Morgan fingerprint density at radius 3 is 2.71 bits per heavy atom. The molecule has 0 atom stereocenters. The van der Waals surface area contributed by atoms with Crippen molar-refractivity contribution < 1.29 is 19.4 Å². The van der Waals surface area contributed by atoms with Crippen LogP contribution in [0.2, 0.25) is 0 Å². The highest BCUT2D eigenvalue weighted by molar-refractivity contribution is 5.62. The molecule has 0 amide bonds. The van der Waals surface area contributed by atoms with E-state index in [2.05, 4.69) is 18.6 Å². The fourth-order valence-electron chi connectivity index (χ4n) is 1.41. The van der Waals surface area contributed by atoms with Gasteiger partial charge in [-0.1, -0.05) is 32.0 Å². The van der Waals surface area contributed by atoms with E-state index in [0.29, 0.717) is 31.3 Å². The molecule has 0 aliphatic rings. The quantitative estimate of drug-likeness (QED) is 0.470. The van der Waals surface area contributed by atoms with Crippen molar-refractivity contribution in [1.29, 1.82) is 0 Å². The molecular weight excluding hydrogens is 220 g/mol. The van der Waals surface area contributed by atoms with Gasteiger partial charge in [0.15, 0.2) is 0 Å². The SMILES string of the molecule is CC(C)COCCc1ccccc1OC(=O)O. The number of ether oxygens (including phenoxy) is 2. The highest BCUT2D eigenvalue weighted by Gasteiger charge is 2.06. The molecule has 4 nitrogen and oxygen atoms in total. The van der Waals surface area contributed by atoms with Crippen molar-refractivity contribution in [2.45, 2.75) is 20.3 Å². The van der Waals surface area contributed by atoms with Crippen LogP contribution in [0.1, 0.15) is 19.4 Å². The zero-order valence-electron chi connectivity index (χ0n) is 10.2. The van der Waals surface area contributed by atoms with Crippen LogP contribution >= 0.6 is 0 Å². The summed E-state index contributed by atoms with van der Waals surface area (Å²) in [4.78, 5) is 10.5. The molecule has 0 unspecified atom stereocenters. The second-order valence-corrected chi connectivity index (χ2v) is 4.19. The van der Waals surface area contributed by atoms with Gasteiger partial charge in [0, 0.05) is 6.61 Å². The summed E-state index contributed by atoms with van der Waals surface area (Å²) in [7, 11) is 0. The molecule has 94 valence electrons. The lowest BCUT2D eigenvalue weighted by molar-refractivity contribution is 0.111. The molecular formula is C13H18O4. The third-order valence-corrected chi connectivity index (χ3v) is 2.14. The summed E-state index contributed by atoms with van der Waals surface area (Å²) in [6.07, 6.45) is -0.642. The molecule has 0 bridgehead atoms. The fraction of sp³-hybridized carbons (Fsp3) is 0.462. The fourth-order valence-corrected chi connectivity index (χ4v) is 1.41. The third kappa shape index (κ3) is 5.36. The summed E-state index contributed by atoms with van der Waals surface area (Å²) < 4.78 is 10.1. The van der Waals surface area contributed by atoms with Crippen LogP contribution in [0.5, 0.6) is 5.75 Å². The summed E-state index contributed by atoms with van der Waals surface area (Å²) in [5, 5.41) is 8.58. The molecule has 0 spiro atoms. The maximum absolute atomic E-state index is 10.5. The Balaban J connectivity index is 2.49. The summed E-state index contributed by atoms with van der Waals surface area (Å²) in [6.45, 7) is 5.45. The van der Waals surface area contributed by atoms with Gasteiger partial charge in [0.1, 0.15) is 5.75 Å². The standard InChI is InChI=1S/C13H18O4/c1-10(2)9-16-8-7-11-5-3-4-6-12(11)17-13(14)15/h3-6,10H,7-9H2,1-2H3,(H,14,15). The van der Waals surface area contributed by atoms with Gasteiger partial charge < -0.3 is 14.6 Å². The lowest BCUT2D eigenvalue weighted by atomic mass is 10.1. The average molecular weight is 238 g/mol. The highest BCUT2D eigenvalue weighted by atomic mass is 16.7. The van der Waals surface area contributed by atoms with Gasteiger partial charge in [-0.2, -0.15) is 0 Å². The first kappa shape index (κ1) is 13.5. The maximum Gasteiger partial charge on any atom is 0.511 e. The van der Waals surface area contributed by atoms with E-state index in [1.54, 1.807) is 12.1 Å². The van der Waals surface area contributed by atoms with Gasteiger partial charge in [-0.3, -0.25) is 0 Å². The Bertz CT molecular complexity index is 360. The van der Waals surface area contributed by atoms with Crippen molar-refractivity contribution in [1.82, 2.24) is 0 Å². The largest absolute Gasteiger partial charge is 0.511 e. The third-order valence-electron chi connectivity index (χ3n) is 2.14. The number of para-hydroxylation sites is 1. The number of hydrogen-bond acceptors (Lipinski definition) is 3. The van der Waals surface area contributed by atoms with Crippen LogP contribution < -0.4 is 4.74 Å². The van der Waals surface area contributed by atoms with Crippen molar-refractivity contribution in [2.24, 2.45) is 5.92 Å². The van der Waals surface area contributed by atoms with E-state index < -0.39 is 6.16 Å². The Morgan fingerprint density at radius 2 is 2.06 bits per heavy atom. The van der Waals surface area contributed by atoms with Crippen LogP contribution in [0.3, 0.4) is 0 Å². The van der Waals surface area contributed by atoms with Gasteiger partial charge in [0.25, 0.3) is 0 Å². The zero-order chi connectivity index (χ0) is 12.7. The molecule has 0 fully saturated rings. The van der Waals surface area contributed by atoms with Crippen LogP contribution in [0.15, 0.2) is 24.3 Å². The molecule has 0 aromatic heterocycles. The highest BCUT2D eigenvalue weighted by Crippen LogP contribution is 2.18. The molecule has 17 heavy (non-hydrogen) atoms. The van der Waals surface area contributed by atoms with E-state index in [1.165, 1.54) is 0 Å². The minimum atomic E-state index is -1.29. The lowest BCUT2D eigenvalue weighted by Gasteiger charge is -2.09. The Labute approximate surface area is 101 Å². The summed E-state index contributed by atoms with van der Waals surface area (Å²) in [5.41, 5.74) is 0.846. The topological polar surface area (TPSA) is 55.8 Å². The molecule has 1 aromatic rings. The van der Waals surface area contributed by atoms with Crippen LogP contribution in [-0.2, 0) is 11.2 Å². The minimum Gasteiger partial charge on any atom is -0.449 e. The first-order chi connectivity index (χ1) is 8.09. The molecule has 1 aromatic carbocycles. The molecule has 0 radical (unpaired) electrons. The second-order valence-electron chi connectivity index (χ2n) is 4.19. The first-order valence-electron chi connectivity index (χ1n) is 5.66. The second kappa shape index (κ2) is 6.91. The number of rotatable bonds is 6. The van der Waals surface area contributed by atoms with Gasteiger partial charge in [0.2, 0.25) is 0 Å². The van der Waals surface area contributed by atoms with Crippen molar-refractivity contribution in [3.05, 3.63) is 29.8 Å². The average Bonchev–Trinajstić information content (AvgIpc) is 2.25. The first-order valence-corrected chi connectivity index (χ1v) is 5.66. The predicted molar refractivity (Wildman–Crippen MR) is 64.5 cm³/mol. The van der Waals surface area contributed by atoms with Gasteiger partial charge in [-0.05, 0) is 24.0 Å². The van der Waals surface area contributed by atoms with E-state index in [1.807, 2.05) is 12.1 Å². The zero-order valence-corrected chi connectivity index (χ0v) is 10.2. The Morgan fingerprint density at radius 1 is 1.35 bits per heavy atom. The van der Waals surface area contributed by atoms with Crippen LogP contribution in [-0.4, -0.2) is 24.5 Å². The van der Waals surface area contributed by atoms with E-state index in [4.69, 9.17) is 9.84 Å². The Kier molecular flexibility index (Phi) is 5.49. The van der Waals surface area contributed by atoms with Crippen LogP contribution in [0.25, 0.3) is 0 Å². The van der Waals surface area contributed by atoms with Gasteiger partial charge in [-0.15, -0.1) is 0 Å². The molecule has 1 N–H and O–H groups in total. The minimum absolute atomic E-state index is 0.383. The summed E-state index contributed by atoms with van der Waals surface area (Å²) in [5.74, 6) is 0.883. The van der Waals surface area contributed by atoms with Crippen molar-refractivity contribution >= 4 is 6.16 Å². The molecule has 0 aliphatic carbocycles. The van der Waals surface area contributed by atoms with Crippen LogP contribution in [0.4, 0.5) is 4.79 Å². The summed E-state index contributed by atoms with van der Waals surface area (Å²) >= 11 is 0.